The topological polar surface area (TPSA) is 33.1 Å². The first-order valence-electron chi connectivity index (χ1n) is 4.61. The Balaban J connectivity index is 2.33. The number of rotatable bonds is 2. The second kappa shape index (κ2) is 4.72. The van der Waals surface area contributed by atoms with Crippen molar-refractivity contribution in [3.8, 4) is 11.3 Å². The maximum absolute atomic E-state index is 8.89. The lowest BCUT2D eigenvalue weighted by Crippen LogP contribution is -1.87. The highest BCUT2D eigenvalue weighted by Gasteiger charge is 1.98. The molecule has 2 aromatic rings. The lowest BCUT2D eigenvalue weighted by molar-refractivity contribution is 0.281. The fourth-order valence-electron chi connectivity index (χ4n) is 1.31. The van der Waals surface area contributed by atoms with Crippen molar-refractivity contribution in [1.82, 2.24) is 4.98 Å². The number of hydrogen-bond acceptors (Lipinski definition) is 2. The third kappa shape index (κ3) is 2.54. The van der Waals surface area contributed by atoms with Crippen molar-refractivity contribution >= 4 is 22.6 Å². The van der Waals surface area contributed by atoms with Crippen LogP contribution in [0.5, 0.6) is 0 Å². The molecule has 0 aliphatic rings. The lowest BCUT2D eigenvalue weighted by Gasteiger charge is -2.01. The zero-order valence-corrected chi connectivity index (χ0v) is 10.2. The van der Waals surface area contributed by atoms with Gasteiger partial charge in [-0.05, 0) is 46.4 Å². The number of pyridine rings is 1. The fraction of sp³-hybridized carbons (Fsp3) is 0.0833. The Bertz CT molecular complexity index is 436. The van der Waals surface area contributed by atoms with Gasteiger partial charge in [-0.15, -0.1) is 0 Å². The number of aliphatic hydroxyl groups excluding tert-OH is 1. The van der Waals surface area contributed by atoms with Gasteiger partial charge in [0, 0.05) is 15.3 Å². The van der Waals surface area contributed by atoms with Gasteiger partial charge in [-0.1, -0.05) is 18.2 Å². The molecule has 0 atom stereocenters. The minimum absolute atomic E-state index is 0.0416. The standard InChI is InChI=1S/C12H10INO/c13-11-4-2-10(3-5-11)12-6-1-9(8-15)7-14-12/h1-7,15H,8H2. The van der Waals surface area contributed by atoms with Crippen LogP contribution in [0.25, 0.3) is 11.3 Å². The van der Waals surface area contributed by atoms with Gasteiger partial charge in [0.15, 0.2) is 0 Å². The van der Waals surface area contributed by atoms with E-state index in [1.165, 1.54) is 3.57 Å². The number of halogens is 1. The molecule has 15 heavy (non-hydrogen) atoms. The molecule has 0 aliphatic heterocycles. The molecule has 0 unspecified atom stereocenters. The van der Waals surface area contributed by atoms with Crippen LogP contribution in [0.2, 0.25) is 0 Å². The maximum Gasteiger partial charge on any atom is 0.0702 e. The first-order valence-corrected chi connectivity index (χ1v) is 5.69. The van der Waals surface area contributed by atoms with Crippen LogP contribution in [-0.2, 0) is 6.61 Å². The predicted molar refractivity (Wildman–Crippen MR) is 68.3 cm³/mol. The smallest absolute Gasteiger partial charge is 0.0702 e. The first kappa shape index (κ1) is 10.6. The van der Waals surface area contributed by atoms with Crippen molar-refractivity contribution in [3.63, 3.8) is 0 Å². The summed E-state index contributed by atoms with van der Waals surface area (Å²) < 4.78 is 1.21. The van der Waals surface area contributed by atoms with Crippen LogP contribution in [0.15, 0.2) is 42.6 Å². The van der Waals surface area contributed by atoms with E-state index >= 15 is 0 Å². The van der Waals surface area contributed by atoms with E-state index in [1.807, 2.05) is 24.3 Å². The molecular formula is C12H10INO. The molecule has 0 spiro atoms. The molecule has 0 aliphatic carbocycles. The van der Waals surface area contributed by atoms with E-state index in [4.69, 9.17) is 5.11 Å². The Hall–Kier alpha value is -0.940. The maximum atomic E-state index is 8.89. The molecule has 0 amide bonds. The van der Waals surface area contributed by atoms with Crippen LogP contribution in [0, 0.1) is 3.57 Å². The first-order chi connectivity index (χ1) is 7.29. The Morgan fingerprint density at radius 2 is 1.80 bits per heavy atom. The molecule has 2 nitrogen and oxygen atoms in total. The van der Waals surface area contributed by atoms with Gasteiger partial charge in [-0.3, -0.25) is 4.98 Å². The molecule has 0 saturated heterocycles. The highest BCUT2D eigenvalue weighted by molar-refractivity contribution is 14.1. The van der Waals surface area contributed by atoms with Crippen LogP contribution in [0.4, 0.5) is 0 Å². The largest absolute Gasteiger partial charge is 0.392 e. The quantitative estimate of drug-likeness (QED) is 0.865. The highest BCUT2D eigenvalue weighted by Crippen LogP contribution is 2.18. The summed E-state index contributed by atoms with van der Waals surface area (Å²) in [6.45, 7) is 0.0416. The van der Waals surface area contributed by atoms with E-state index in [9.17, 15) is 0 Å². The van der Waals surface area contributed by atoms with Crippen molar-refractivity contribution in [2.75, 3.05) is 0 Å². The van der Waals surface area contributed by atoms with E-state index in [1.54, 1.807) is 6.20 Å². The van der Waals surface area contributed by atoms with Crippen molar-refractivity contribution in [1.29, 1.82) is 0 Å². The molecule has 1 heterocycles. The molecule has 0 radical (unpaired) electrons. The van der Waals surface area contributed by atoms with E-state index in [0.717, 1.165) is 16.8 Å². The van der Waals surface area contributed by atoms with Gasteiger partial charge in [-0.2, -0.15) is 0 Å². The van der Waals surface area contributed by atoms with Gasteiger partial charge in [0.05, 0.1) is 12.3 Å². The average molecular weight is 311 g/mol. The molecule has 0 bridgehead atoms. The van der Waals surface area contributed by atoms with E-state index < -0.39 is 0 Å². The summed E-state index contributed by atoms with van der Waals surface area (Å²) in [6, 6.07) is 12.0. The zero-order chi connectivity index (χ0) is 10.7. The molecule has 0 saturated carbocycles. The molecule has 1 aromatic carbocycles. The Kier molecular flexibility index (Phi) is 3.33. The van der Waals surface area contributed by atoms with Crippen LogP contribution < -0.4 is 0 Å². The van der Waals surface area contributed by atoms with Crippen molar-refractivity contribution < 1.29 is 5.11 Å². The van der Waals surface area contributed by atoms with Crippen LogP contribution in [-0.4, -0.2) is 10.1 Å². The second-order valence-electron chi connectivity index (χ2n) is 3.22. The Labute approximate surface area is 102 Å². The summed E-state index contributed by atoms with van der Waals surface area (Å²) in [5, 5.41) is 8.89. The summed E-state index contributed by atoms with van der Waals surface area (Å²) in [5.74, 6) is 0. The SMILES string of the molecule is OCc1ccc(-c2ccc(I)cc2)nc1. The Morgan fingerprint density at radius 1 is 1.07 bits per heavy atom. The Morgan fingerprint density at radius 3 is 2.33 bits per heavy atom. The van der Waals surface area contributed by atoms with Gasteiger partial charge < -0.3 is 5.11 Å². The van der Waals surface area contributed by atoms with E-state index in [2.05, 4.69) is 39.7 Å². The summed E-state index contributed by atoms with van der Waals surface area (Å²) in [4.78, 5) is 4.29. The van der Waals surface area contributed by atoms with E-state index in [0.29, 0.717) is 0 Å². The number of aliphatic hydroxyl groups is 1. The molecular weight excluding hydrogens is 301 g/mol. The summed E-state index contributed by atoms with van der Waals surface area (Å²) >= 11 is 2.27. The fourth-order valence-corrected chi connectivity index (χ4v) is 1.67. The minimum Gasteiger partial charge on any atom is -0.392 e. The third-order valence-electron chi connectivity index (χ3n) is 2.15. The molecule has 76 valence electrons. The molecule has 2 rings (SSSR count). The van der Waals surface area contributed by atoms with Crippen molar-refractivity contribution in [2.24, 2.45) is 0 Å². The average Bonchev–Trinajstić information content (AvgIpc) is 2.30. The van der Waals surface area contributed by atoms with Crippen LogP contribution >= 0.6 is 22.6 Å². The lowest BCUT2D eigenvalue weighted by atomic mass is 10.1. The normalized spacial score (nSPS) is 10.3. The number of aromatic nitrogens is 1. The molecule has 1 N–H and O–H groups in total. The van der Waals surface area contributed by atoms with Gasteiger partial charge in [0.1, 0.15) is 0 Å². The van der Waals surface area contributed by atoms with Crippen molar-refractivity contribution in [3.05, 3.63) is 51.7 Å². The van der Waals surface area contributed by atoms with Crippen LogP contribution in [0.1, 0.15) is 5.56 Å². The molecule has 1 aromatic heterocycles. The minimum atomic E-state index is 0.0416. The predicted octanol–water partition coefficient (Wildman–Crippen LogP) is 2.85. The highest BCUT2D eigenvalue weighted by atomic mass is 127. The van der Waals surface area contributed by atoms with Crippen LogP contribution in [0.3, 0.4) is 0 Å². The van der Waals surface area contributed by atoms with Gasteiger partial charge in [-0.25, -0.2) is 0 Å². The molecule has 0 fully saturated rings. The number of benzene rings is 1. The number of nitrogens with zero attached hydrogens (tertiary/aromatic N) is 1. The summed E-state index contributed by atoms with van der Waals surface area (Å²) in [7, 11) is 0. The monoisotopic (exact) mass is 311 g/mol. The summed E-state index contributed by atoms with van der Waals surface area (Å²) in [5.41, 5.74) is 2.87. The third-order valence-corrected chi connectivity index (χ3v) is 2.87. The molecule has 3 heteroatoms. The van der Waals surface area contributed by atoms with Gasteiger partial charge >= 0.3 is 0 Å². The second-order valence-corrected chi connectivity index (χ2v) is 4.46. The number of hydrogen-bond donors (Lipinski definition) is 1. The van der Waals surface area contributed by atoms with Gasteiger partial charge in [0.25, 0.3) is 0 Å². The summed E-state index contributed by atoms with van der Waals surface area (Å²) in [6.07, 6.45) is 1.70. The zero-order valence-electron chi connectivity index (χ0n) is 8.02. The van der Waals surface area contributed by atoms with Gasteiger partial charge in [0.2, 0.25) is 0 Å². The van der Waals surface area contributed by atoms with E-state index in [-0.39, 0.29) is 6.61 Å². The van der Waals surface area contributed by atoms with Crippen molar-refractivity contribution in [2.45, 2.75) is 6.61 Å².